The highest BCUT2D eigenvalue weighted by Crippen LogP contribution is 2.32. The molecule has 3 rings (SSSR count). The molecule has 0 aliphatic carbocycles. The van der Waals surface area contributed by atoms with Crippen molar-refractivity contribution >= 4 is 56.5 Å². The Bertz CT molecular complexity index is 1160. The Kier molecular flexibility index (Phi) is 5.20. The largest absolute Gasteiger partial charge is 0.502 e. The van der Waals surface area contributed by atoms with E-state index in [0.717, 1.165) is 23.6 Å². The van der Waals surface area contributed by atoms with Crippen LogP contribution in [0, 0.1) is 20.2 Å². The zero-order chi connectivity index (χ0) is 20.4. The summed E-state index contributed by atoms with van der Waals surface area (Å²) in [6.45, 7) is 0. The number of nitrogens with one attached hydrogen (secondary N) is 1. The molecule has 2 N–H and O–H groups in total. The summed E-state index contributed by atoms with van der Waals surface area (Å²) in [5.41, 5.74) is 1.49. The number of rotatable bonds is 5. The number of thiophene rings is 1. The van der Waals surface area contributed by atoms with Gasteiger partial charge in [-0.3, -0.25) is 25.0 Å². The second kappa shape index (κ2) is 7.58. The number of fused-ring (bicyclic) bond motifs is 1. The van der Waals surface area contributed by atoms with Crippen molar-refractivity contribution in [3.8, 4) is 5.75 Å². The predicted octanol–water partition coefficient (Wildman–Crippen LogP) is 3.84. The minimum absolute atomic E-state index is 0.0170. The number of benzene rings is 2. The fourth-order valence-electron chi connectivity index (χ4n) is 2.31. The number of non-ortho nitro benzene ring substituents is 1. The molecule has 0 bridgehead atoms. The Morgan fingerprint density at radius 2 is 1.93 bits per heavy atom. The first-order valence-electron chi connectivity index (χ1n) is 7.44. The van der Waals surface area contributed by atoms with E-state index in [9.17, 15) is 30.1 Å². The lowest BCUT2D eigenvalue weighted by Crippen LogP contribution is -2.16. The molecule has 0 aliphatic heterocycles. The highest BCUT2D eigenvalue weighted by atomic mass is 35.5. The summed E-state index contributed by atoms with van der Waals surface area (Å²) in [6.07, 6.45) is 1.02. The van der Waals surface area contributed by atoms with Crippen LogP contribution in [-0.4, -0.2) is 27.1 Å². The Balaban J connectivity index is 1.80. The first kappa shape index (κ1) is 19.2. The molecule has 10 nitrogen and oxygen atoms in total. The molecule has 0 unspecified atom stereocenters. The summed E-state index contributed by atoms with van der Waals surface area (Å²) < 4.78 is 0.683. The molecule has 0 aliphatic rings. The molecule has 0 saturated carbocycles. The maximum Gasteiger partial charge on any atom is 0.312 e. The van der Waals surface area contributed by atoms with Crippen molar-refractivity contribution in [3.05, 3.63) is 72.1 Å². The molecule has 0 spiro atoms. The fraction of sp³-hybridized carbons (Fsp3) is 0. The summed E-state index contributed by atoms with van der Waals surface area (Å²) in [6, 6.07) is 7.96. The number of phenols is 1. The van der Waals surface area contributed by atoms with Crippen LogP contribution in [0.4, 0.5) is 11.4 Å². The molecule has 0 radical (unpaired) electrons. The minimum atomic E-state index is -0.798. The molecule has 28 heavy (non-hydrogen) atoms. The van der Waals surface area contributed by atoms with Crippen LogP contribution in [0.2, 0.25) is 5.02 Å². The summed E-state index contributed by atoms with van der Waals surface area (Å²) in [4.78, 5) is 32.8. The third kappa shape index (κ3) is 3.89. The quantitative estimate of drug-likeness (QED) is 0.364. The van der Waals surface area contributed by atoms with Crippen LogP contribution in [0.25, 0.3) is 10.1 Å². The van der Waals surface area contributed by atoms with Gasteiger partial charge in [-0.1, -0.05) is 11.6 Å². The van der Waals surface area contributed by atoms with Gasteiger partial charge in [0.05, 0.1) is 20.9 Å². The van der Waals surface area contributed by atoms with Gasteiger partial charge in [0.15, 0.2) is 0 Å². The van der Waals surface area contributed by atoms with Crippen molar-refractivity contribution in [1.29, 1.82) is 0 Å². The van der Waals surface area contributed by atoms with Crippen molar-refractivity contribution in [1.82, 2.24) is 5.43 Å². The molecule has 1 amide bonds. The van der Waals surface area contributed by atoms with E-state index in [4.69, 9.17) is 11.6 Å². The zero-order valence-electron chi connectivity index (χ0n) is 13.7. The first-order chi connectivity index (χ1) is 13.3. The molecule has 0 saturated heterocycles. The van der Waals surface area contributed by atoms with Gasteiger partial charge in [0, 0.05) is 38.9 Å². The molecular formula is C16H9ClN4O6S. The number of nitro groups is 2. The number of carbonyl (C=O) groups is 1. The topological polar surface area (TPSA) is 148 Å². The van der Waals surface area contributed by atoms with Crippen LogP contribution in [-0.2, 0) is 0 Å². The van der Waals surface area contributed by atoms with E-state index >= 15 is 0 Å². The molecule has 0 fully saturated rings. The highest BCUT2D eigenvalue weighted by molar-refractivity contribution is 7.20. The monoisotopic (exact) mass is 420 g/mol. The van der Waals surface area contributed by atoms with Crippen LogP contribution in [0.15, 0.2) is 41.5 Å². The normalized spacial score (nSPS) is 11.0. The van der Waals surface area contributed by atoms with E-state index in [1.165, 1.54) is 24.3 Å². The number of hydrogen-bond donors (Lipinski definition) is 2. The smallest absolute Gasteiger partial charge is 0.312 e. The average molecular weight is 421 g/mol. The van der Waals surface area contributed by atoms with E-state index in [2.05, 4.69) is 10.5 Å². The van der Waals surface area contributed by atoms with Crippen molar-refractivity contribution < 1.29 is 19.7 Å². The van der Waals surface area contributed by atoms with E-state index in [-0.39, 0.29) is 21.2 Å². The highest BCUT2D eigenvalue weighted by Gasteiger charge is 2.18. The second-order valence-corrected chi connectivity index (χ2v) is 6.93. The molecule has 142 valence electrons. The lowest BCUT2D eigenvalue weighted by atomic mass is 10.2. The SMILES string of the molecule is O=C(N/N=C\c1cc(Cl)cc([N+](=O)[O-])c1O)c1cc2cc([N+](=O)[O-])ccc2s1. The molecule has 0 atom stereocenters. The van der Waals surface area contributed by atoms with Gasteiger partial charge in [-0.25, -0.2) is 5.43 Å². The van der Waals surface area contributed by atoms with Gasteiger partial charge in [0.2, 0.25) is 5.75 Å². The molecule has 1 heterocycles. The molecule has 12 heteroatoms. The average Bonchev–Trinajstić information content (AvgIpc) is 3.07. The van der Waals surface area contributed by atoms with E-state index in [1.807, 2.05) is 0 Å². The number of carbonyl (C=O) groups excluding carboxylic acids is 1. The Morgan fingerprint density at radius 1 is 1.18 bits per heavy atom. The lowest BCUT2D eigenvalue weighted by Gasteiger charge is -2.01. The summed E-state index contributed by atoms with van der Waals surface area (Å²) >= 11 is 6.89. The van der Waals surface area contributed by atoms with Crippen LogP contribution in [0.3, 0.4) is 0 Å². The lowest BCUT2D eigenvalue weighted by molar-refractivity contribution is -0.385. The Hall–Kier alpha value is -3.57. The van der Waals surface area contributed by atoms with Crippen LogP contribution in [0.5, 0.6) is 5.75 Å². The molecule has 1 aromatic heterocycles. The van der Waals surface area contributed by atoms with Gasteiger partial charge >= 0.3 is 5.69 Å². The van der Waals surface area contributed by atoms with Crippen LogP contribution < -0.4 is 5.43 Å². The molecule has 2 aromatic carbocycles. The Morgan fingerprint density at radius 3 is 2.61 bits per heavy atom. The number of hydrogen-bond acceptors (Lipinski definition) is 8. The number of phenolic OH excluding ortho intramolecular Hbond substituents is 1. The van der Waals surface area contributed by atoms with Crippen LogP contribution in [0.1, 0.15) is 15.2 Å². The summed E-state index contributed by atoms with van der Waals surface area (Å²) in [5, 5.41) is 35.8. The van der Waals surface area contributed by atoms with Gasteiger partial charge in [0.1, 0.15) is 0 Å². The number of nitrogens with zero attached hydrogens (tertiary/aromatic N) is 3. The predicted molar refractivity (Wildman–Crippen MR) is 103 cm³/mol. The van der Waals surface area contributed by atoms with E-state index in [1.54, 1.807) is 6.07 Å². The van der Waals surface area contributed by atoms with Gasteiger partial charge in [0.25, 0.3) is 11.6 Å². The van der Waals surface area contributed by atoms with Crippen molar-refractivity contribution in [2.75, 3.05) is 0 Å². The number of amides is 1. The van der Waals surface area contributed by atoms with Crippen molar-refractivity contribution in [2.45, 2.75) is 0 Å². The second-order valence-electron chi connectivity index (χ2n) is 5.41. The third-order valence-electron chi connectivity index (χ3n) is 3.58. The van der Waals surface area contributed by atoms with Gasteiger partial charge in [-0.2, -0.15) is 5.10 Å². The third-order valence-corrected chi connectivity index (χ3v) is 4.92. The minimum Gasteiger partial charge on any atom is -0.502 e. The van der Waals surface area contributed by atoms with Crippen molar-refractivity contribution in [2.24, 2.45) is 5.10 Å². The van der Waals surface area contributed by atoms with Crippen molar-refractivity contribution in [3.63, 3.8) is 0 Å². The molecule has 3 aromatic rings. The summed E-state index contributed by atoms with van der Waals surface area (Å²) in [7, 11) is 0. The standard InChI is InChI=1S/C16H9ClN4O6S/c17-10-3-9(15(22)12(6-10)21(26)27)7-18-19-16(23)14-5-8-4-11(20(24)25)1-2-13(8)28-14/h1-7,22H,(H,19,23)/b18-7-. The van der Waals surface area contributed by atoms with E-state index in [0.29, 0.717) is 10.1 Å². The zero-order valence-corrected chi connectivity index (χ0v) is 15.2. The van der Waals surface area contributed by atoms with Gasteiger partial charge in [-0.05, 0) is 18.2 Å². The Labute approximate surface area is 165 Å². The van der Waals surface area contributed by atoms with Gasteiger partial charge < -0.3 is 5.11 Å². The first-order valence-corrected chi connectivity index (χ1v) is 8.64. The van der Waals surface area contributed by atoms with Crippen LogP contribution >= 0.6 is 22.9 Å². The molecular weight excluding hydrogens is 412 g/mol. The van der Waals surface area contributed by atoms with E-state index < -0.39 is 27.2 Å². The summed E-state index contributed by atoms with van der Waals surface area (Å²) in [5.74, 6) is -1.22. The number of nitro benzene ring substituents is 2. The number of aromatic hydroxyl groups is 1. The number of hydrazone groups is 1. The van der Waals surface area contributed by atoms with Gasteiger partial charge in [-0.15, -0.1) is 11.3 Å². The fourth-order valence-corrected chi connectivity index (χ4v) is 3.47. The maximum atomic E-state index is 12.2. The maximum absolute atomic E-state index is 12.2. The number of halogens is 1.